The van der Waals surface area contributed by atoms with Crippen LogP contribution in [0.2, 0.25) is 0 Å². The fourth-order valence-corrected chi connectivity index (χ4v) is 1.52. The summed E-state index contributed by atoms with van der Waals surface area (Å²) >= 11 is 1.41. The van der Waals surface area contributed by atoms with Crippen molar-refractivity contribution in [2.45, 2.75) is 19.0 Å². The summed E-state index contributed by atoms with van der Waals surface area (Å²) in [6.45, 7) is 3.49. The van der Waals surface area contributed by atoms with Crippen LogP contribution in [-0.2, 0) is 4.79 Å². The first-order valence-electron chi connectivity index (χ1n) is 4.41. The minimum atomic E-state index is -0.888. The molecule has 0 saturated heterocycles. The molecule has 80 valence electrons. The summed E-state index contributed by atoms with van der Waals surface area (Å²) in [4.78, 5) is 18.7. The highest BCUT2D eigenvalue weighted by atomic mass is 32.2. The van der Waals surface area contributed by atoms with Crippen molar-refractivity contribution in [2.75, 3.05) is 5.75 Å². The molecule has 0 aromatic carbocycles. The molecule has 0 aliphatic carbocycles. The fraction of sp³-hybridized carbons (Fsp3) is 0.300. The minimum Gasteiger partial charge on any atom is -0.478 e. The van der Waals surface area contributed by atoms with Crippen LogP contribution >= 0.6 is 11.8 Å². The molecule has 4 nitrogen and oxygen atoms in total. The van der Waals surface area contributed by atoms with Gasteiger partial charge in [-0.2, -0.15) is 0 Å². The quantitative estimate of drug-likeness (QED) is 0.481. The van der Waals surface area contributed by atoms with E-state index in [1.54, 1.807) is 25.4 Å². The van der Waals surface area contributed by atoms with E-state index in [-0.39, 0.29) is 0 Å². The monoisotopic (exact) mass is 224 g/mol. The second kappa shape index (κ2) is 5.50. The summed E-state index contributed by atoms with van der Waals surface area (Å²) in [5.41, 5.74) is 1.35. The maximum atomic E-state index is 10.5. The highest BCUT2D eigenvalue weighted by Gasteiger charge is 1.99. The van der Waals surface area contributed by atoms with Crippen LogP contribution in [0, 0.1) is 6.92 Å². The Kier molecular flexibility index (Phi) is 4.30. The van der Waals surface area contributed by atoms with Crippen LogP contribution in [0.5, 0.6) is 0 Å². The smallest absolute Gasteiger partial charge is 0.330 e. The van der Waals surface area contributed by atoms with Crippen molar-refractivity contribution < 1.29 is 9.90 Å². The number of carboxylic acid groups (broad SMARTS) is 1. The van der Waals surface area contributed by atoms with E-state index in [1.807, 2.05) is 6.92 Å². The lowest BCUT2D eigenvalue weighted by Crippen LogP contribution is -1.96. The molecule has 0 spiro atoms. The Morgan fingerprint density at radius 1 is 1.53 bits per heavy atom. The van der Waals surface area contributed by atoms with Crippen molar-refractivity contribution in [2.24, 2.45) is 0 Å². The third kappa shape index (κ3) is 4.12. The first-order chi connectivity index (χ1) is 7.09. The molecule has 0 bridgehead atoms. The molecule has 5 heteroatoms. The molecular formula is C10H12N2O2S. The number of thioether (sulfide) groups is 1. The average molecular weight is 224 g/mol. The van der Waals surface area contributed by atoms with Crippen LogP contribution in [0.4, 0.5) is 0 Å². The summed E-state index contributed by atoms with van der Waals surface area (Å²) < 4.78 is 0. The van der Waals surface area contributed by atoms with E-state index in [1.165, 1.54) is 11.8 Å². The van der Waals surface area contributed by atoms with E-state index in [0.717, 1.165) is 5.56 Å². The number of aryl methyl sites for hydroxylation is 1. The van der Waals surface area contributed by atoms with Gasteiger partial charge in [0, 0.05) is 23.7 Å². The number of hydrogen-bond donors (Lipinski definition) is 1. The molecule has 0 fully saturated rings. The maximum Gasteiger partial charge on any atom is 0.330 e. The molecule has 1 aromatic rings. The van der Waals surface area contributed by atoms with Crippen molar-refractivity contribution >= 4 is 17.7 Å². The van der Waals surface area contributed by atoms with Gasteiger partial charge < -0.3 is 5.11 Å². The Morgan fingerprint density at radius 2 is 2.13 bits per heavy atom. The number of hydrogen-bond acceptors (Lipinski definition) is 4. The molecule has 1 N–H and O–H groups in total. The lowest BCUT2D eigenvalue weighted by atomic mass is 10.3. The molecule has 0 aliphatic heterocycles. The second-order valence-electron chi connectivity index (χ2n) is 3.05. The van der Waals surface area contributed by atoms with Gasteiger partial charge in [-0.1, -0.05) is 17.8 Å². The predicted molar refractivity (Wildman–Crippen MR) is 58.9 cm³/mol. The first kappa shape index (κ1) is 11.7. The van der Waals surface area contributed by atoms with Crippen LogP contribution in [-0.4, -0.2) is 26.8 Å². The molecule has 1 heterocycles. The van der Waals surface area contributed by atoms with E-state index in [2.05, 4.69) is 9.97 Å². The van der Waals surface area contributed by atoms with E-state index in [9.17, 15) is 4.79 Å². The maximum absolute atomic E-state index is 10.5. The SMILES string of the molecule is CC(=CCSc1ncc(C)cn1)C(=O)O. The largest absolute Gasteiger partial charge is 0.478 e. The number of rotatable bonds is 4. The molecule has 0 saturated carbocycles. The van der Waals surface area contributed by atoms with Gasteiger partial charge in [0.1, 0.15) is 0 Å². The van der Waals surface area contributed by atoms with Crippen molar-refractivity contribution in [3.8, 4) is 0 Å². The van der Waals surface area contributed by atoms with Crippen LogP contribution in [0.25, 0.3) is 0 Å². The summed E-state index contributed by atoms with van der Waals surface area (Å²) in [6, 6.07) is 0. The summed E-state index contributed by atoms with van der Waals surface area (Å²) in [5, 5.41) is 9.27. The number of carboxylic acids is 1. The first-order valence-corrected chi connectivity index (χ1v) is 5.39. The average Bonchev–Trinajstić information content (AvgIpc) is 2.20. The Bertz CT molecular complexity index is 374. The Hall–Kier alpha value is -1.36. The summed E-state index contributed by atoms with van der Waals surface area (Å²) in [7, 11) is 0. The van der Waals surface area contributed by atoms with Gasteiger partial charge in [0.15, 0.2) is 5.16 Å². The molecule has 1 aromatic heterocycles. The zero-order valence-electron chi connectivity index (χ0n) is 8.60. The Morgan fingerprint density at radius 3 is 2.67 bits per heavy atom. The topological polar surface area (TPSA) is 63.1 Å². The minimum absolute atomic E-state index is 0.342. The van der Waals surface area contributed by atoms with Gasteiger partial charge in [0.2, 0.25) is 0 Å². The second-order valence-corrected chi connectivity index (χ2v) is 4.03. The molecule has 1 rings (SSSR count). The van der Waals surface area contributed by atoms with Crippen molar-refractivity contribution in [1.29, 1.82) is 0 Å². The molecule has 0 radical (unpaired) electrons. The predicted octanol–water partition coefficient (Wildman–Crippen LogP) is 1.91. The number of nitrogens with zero attached hydrogens (tertiary/aromatic N) is 2. The van der Waals surface area contributed by atoms with Crippen LogP contribution in [0.15, 0.2) is 29.2 Å². The highest BCUT2D eigenvalue weighted by molar-refractivity contribution is 7.99. The lowest BCUT2D eigenvalue weighted by Gasteiger charge is -1.97. The van der Waals surface area contributed by atoms with Crippen molar-refractivity contribution in [3.05, 3.63) is 29.6 Å². The molecule has 15 heavy (non-hydrogen) atoms. The zero-order valence-corrected chi connectivity index (χ0v) is 9.41. The molecular weight excluding hydrogens is 212 g/mol. The van der Waals surface area contributed by atoms with E-state index < -0.39 is 5.97 Å². The normalized spacial score (nSPS) is 11.5. The van der Waals surface area contributed by atoms with Gasteiger partial charge in [-0.3, -0.25) is 0 Å². The lowest BCUT2D eigenvalue weighted by molar-refractivity contribution is -0.132. The number of aromatic nitrogens is 2. The molecule has 0 amide bonds. The van der Waals surface area contributed by atoms with Gasteiger partial charge in [0.05, 0.1) is 0 Å². The molecule has 0 aliphatic rings. The molecule has 0 atom stereocenters. The van der Waals surface area contributed by atoms with Crippen LogP contribution in [0.3, 0.4) is 0 Å². The van der Waals surface area contributed by atoms with E-state index in [0.29, 0.717) is 16.5 Å². The van der Waals surface area contributed by atoms with E-state index >= 15 is 0 Å². The van der Waals surface area contributed by atoms with Gasteiger partial charge >= 0.3 is 5.97 Å². The molecule has 0 unspecified atom stereocenters. The summed E-state index contributed by atoms with van der Waals surface area (Å²) in [6.07, 6.45) is 5.13. The van der Waals surface area contributed by atoms with Crippen LogP contribution in [0.1, 0.15) is 12.5 Å². The van der Waals surface area contributed by atoms with Gasteiger partial charge in [-0.25, -0.2) is 14.8 Å². The number of aliphatic carboxylic acids is 1. The van der Waals surface area contributed by atoms with E-state index in [4.69, 9.17) is 5.11 Å². The van der Waals surface area contributed by atoms with Crippen LogP contribution < -0.4 is 0 Å². The summed E-state index contributed by atoms with van der Waals surface area (Å²) in [5.74, 6) is -0.318. The van der Waals surface area contributed by atoms with Gasteiger partial charge in [-0.05, 0) is 19.4 Å². The van der Waals surface area contributed by atoms with Crippen molar-refractivity contribution in [3.63, 3.8) is 0 Å². The number of carbonyl (C=O) groups is 1. The van der Waals surface area contributed by atoms with Crippen molar-refractivity contribution in [1.82, 2.24) is 9.97 Å². The Balaban J connectivity index is 2.48. The fourth-order valence-electron chi connectivity index (χ4n) is 0.784. The third-order valence-electron chi connectivity index (χ3n) is 1.70. The Labute approximate surface area is 92.4 Å². The third-order valence-corrected chi connectivity index (χ3v) is 2.50. The van der Waals surface area contributed by atoms with Gasteiger partial charge in [0.25, 0.3) is 0 Å². The highest BCUT2D eigenvalue weighted by Crippen LogP contribution is 2.12. The standard InChI is InChI=1S/C10H12N2O2S/c1-7-5-11-10(12-6-7)15-4-3-8(2)9(13)14/h3,5-6H,4H2,1-2H3,(H,13,14). The van der Waals surface area contributed by atoms with Gasteiger partial charge in [-0.15, -0.1) is 0 Å². The zero-order chi connectivity index (χ0) is 11.3.